The number of anilines is 1. The summed E-state index contributed by atoms with van der Waals surface area (Å²) in [5.74, 6) is -0.0730. The van der Waals surface area contributed by atoms with Crippen molar-refractivity contribution in [2.75, 3.05) is 11.9 Å². The first-order valence-corrected chi connectivity index (χ1v) is 6.69. The van der Waals surface area contributed by atoms with Crippen molar-refractivity contribution < 1.29 is 24.9 Å². The molecule has 0 spiro atoms. The van der Waals surface area contributed by atoms with Crippen LogP contribution in [0.15, 0.2) is 24.3 Å². The lowest BCUT2D eigenvalue weighted by Crippen LogP contribution is -2.63. The lowest BCUT2D eigenvalue weighted by Gasteiger charge is -2.41. The number of hydrogen-bond acceptors (Lipinski definition) is 7. The number of nitrogens with one attached hydrogen (secondary N) is 1. The zero-order valence-corrected chi connectivity index (χ0v) is 11.6. The molecule has 5 unspecified atom stereocenters. The fourth-order valence-corrected chi connectivity index (χ4v) is 2.26. The minimum Gasteiger partial charge on any atom is -0.394 e. The Morgan fingerprint density at radius 3 is 2.71 bits per heavy atom. The smallest absolute Gasteiger partial charge is 0.159 e. The fraction of sp³-hybridized carbons (Fsp3) is 0.500. The zero-order chi connectivity index (χ0) is 15.6. The minimum atomic E-state index is -1.24. The SMILES string of the molecule is CC(=O)c1cccc(NC2OC(CO)C(O)C(O)C2N)c1. The van der Waals surface area contributed by atoms with E-state index in [4.69, 9.17) is 15.6 Å². The van der Waals surface area contributed by atoms with Gasteiger partial charge in [-0.2, -0.15) is 0 Å². The highest BCUT2D eigenvalue weighted by Crippen LogP contribution is 2.22. The van der Waals surface area contributed by atoms with Gasteiger partial charge in [0.05, 0.1) is 12.6 Å². The Bertz CT molecular complexity index is 508. The molecule has 7 heteroatoms. The van der Waals surface area contributed by atoms with Gasteiger partial charge in [0.15, 0.2) is 5.78 Å². The van der Waals surface area contributed by atoms with E-state index in [0.717, 1.165) is 0 Å². The maximum atomic E-state index is 11.4. The summed E-state index contributed by atoms with van der Waals surface area (Å²) >= 11 is 0. The summed E-state index contributed by atoms with van der Waals surface area (Å²) in [5.41, 5.74) is 6.96. The molecule has 6 N–H and O–H groups in total. The summed E-state index contributed by atoms with van der Waals surface area (Å²) in [6, 6.07) is 5.90. The number of rotatable bonds is 4. The number of hydrogen-bond donors (Lipinski definition) is 5. The van der Waals surface area contributed by atoms with Crippen LogP contribution in [0.25, 0.3) is 0 Å². The van der Waals surface area contributed by atoms with Crippen LogP contribution in [0.1, 0.15) is 17.3 Å². The van der Waals surface area contributed by atoms with E-state index >= 15 is 0 Å². The van der Waals surface area contributed by atoms with Crippen molar-refractivity contribution in [3.05, 3.63) is 29.8 Å². The van der Waals surface area contributed by atoms with Crippen LogP contribution in [-0.2, 0) is 4.74 Å². The van der Waals surface area contributed by atoms with Crippen molar-refractivity contribution in [1.29, 1.82) is 0 Å². The molecule has 7 nitrogen and oxygen atoms in total. The van der Waals surface area contributed by atoms with Crippen LogP contribution < -0.4 is 11.1 Å². The Morgan fingerprint density at radius 2 is 2.10 bits per heavy atom. The van der Waals surface area contributed by atoms with Gasteiger partial charge < -0.3 is 31.1 Å². The molecule has 116 valence electrons. The van der Waals surface area contributed by atoms with Crippen molar-refractivity contribution in [1.82, 2.24) is 0 Å². The molecule has 5 atom stereocenters. The molecule has 0 saturated carbocycles. The molecule has 21 heavy (non-hydrogen) atoms. The van der Waals surface area contributed by atoms with Gasteiger partial charge in [-0.25, -0.2) is 0 Å². The number of aliphatic hydroxyl groups is 3. The van der Waals surface area contributed by atoms with E-state index < -0.39 is 37.2 Å². The predicted octanol–water partition coefficient (Wildman–Crippen LogP) is -0.933. The Labute approximate surface area is 122 Å². The maximum Gasteiger partial charge on any atom is 0.159 e. The van der Waals surface area contributed by atoms with Gasteiger partial charge in [0.1, 0.15) is 24.5 Å². The molecule has 0 amide bonds. The number of ether oxygens (including phenoxy) is 1. The van der Waals surface area contributed by atoms with Gasteiger partial charge in [-0.1, -0.05) is 12.1 Å². The van der Waals surface area contributed by atoms with Gasteiger partial charge in [0.25, 0.3) is 0 Å². The van der Waals surface area contributed by atoms with E-state index in [1.54, 1.807) is 24.3 Å². The van der Waals surface area contributed by atoms with E-state index in [1.165, 1.54) is 6.92 Å². The Balaban J connectivity index is 2.14. The molecule has 0 radical (unpaired) electrons. The molecule has 0 aliphatic carbocycles. The maximum absolute atomic E-state index is 11.4. The van der Waals surface area contributed by atoms with E-state index in [2.05, 4.69) is 5.32 Å². The van der Waals surface area contributed by atoms with Crippen LogP contribution in [0, 0.1) is 0 Å². The number of nitrogens with two attached hydrogens (primary N) is 1. The quantitative estimate of drug-likeness (QED) is 0.454. The van der Waals surface area contributed by atoms with Crippen molar-refractivity contribution in [2.45, 2.75) is 37.5 Å². The number of aliphatic hydroxyl groups excluding tert-OH is 3. The van der Waals surface area contributed by atoms with Gasteiger partial charge in [0.2, 0.25) is 0 Å². The number of carbonyl (C=O) groups is 1. The summed E-state index contributed by atoms with van der Waals surface area (Å²) in [6.45, 7) is 1.03. The molecule has 1 saturated heterocycles. The number of benzene rings is 1. The molecule has 2 rings (SSSR count). The van der Waals surface area contributed by atoms with E-state index in [1.807, 2.05) is 0 Å². The second-order valence-electron chi connectivity index (χ2n) is 5.12. The molecule has 0 aromatic heterocycles. The summed E-state index contributed by atoms with van der Waals surface area (Å²) < 4.78 is 5.45. The van der Waals surface area contributed by atoms with Crippen LogP contribution >= 0.6 is 0 Å². The minimum absolute atomic E-state index is 0.0730. The molecular formula is C14H20N2O5. The topological polar surface area (TPSA) is 125 Å². The van der Waals surface area contributed by atoms with E-state index in [9.17, 15) is 15.0 Å². The van der Waals surface area contributed by atoms with E-state index in [-0.39, 0.29) is 5.78 Å². The first-order valence-electron chi connectivity index (χ1n) is 6.69. The summed E-state index contributed by atoms with van der Waals surface area (Å²) in [4.78, 5) is 11.4. The lowest BCUT2D eigenvalue weighted by molar-refractivity contribution is -0.181. The molecular weight excluding hydrogens is 276 g/mol. The first-order chi connectivity index (χ1) is 9.93. The molecule has 1 heterocycles. The highest BCUT2D eigenvalue weighted by Gasteiger charge is 2.42. The lowest BCUT2D eigenvalue weighted by atomic mass is 9.96. The third-order valence-corrected chi connectivity index (χ3v) is 3.55. The zero-order valence-electron chi connectivity index (χ0n) is 11.6. The average Bonchev–Trinajstić information content (AvgIpc) is 2.48. The van der Waals surface area contributed by atoms with Gasteiger partial charge >= 0.3 is 0 Å². The second kappa shape index (κ2) is 6.50. The standard InChI is InChI=1S/C14H20N2O5/c1-7(18)8-3-2-4-9(5-8)16-14-11(15)13(20)12(19)10(6-17)21-14/h2-5,10-14,16-17,19-20H,6,15H2,1H3. The van der Waals surface area contributed by atoms with Crippen LogP contribution in [0.2, 0.25) is 0 Å². The number of carbonyl (C=O) groups excluding carboxylic acids is 1. The molecule has 1 fully saturated rings. The van der Waals surface area contributed by atoms with Crippen molar-refractivity contribution in [3.63, 3.8) is 0 Å². The van der Waals surface area contributed by atoms with Gasteiger partial charge in [-0.3, -0.25) is 4.79 Å². The fourth-order valence-electron chi connectivity index (χ4n) is 2.26. The van der Waals surface area contributed by atoms with Crippen LogP contribution in [-0.4, -0.2) is 58.3 Å². The second-order valence-corrected chi connectivity index (χ2v) is 5.12. The largest absolute Gasteiger partial charge is 0.394 e. The van der Waals surface area contributed by atoms with Crippen LogP contribution in [0.3, 0.4) is 0 Å². The molecule has 0 bridgehead atoms. The first kappa shape index (κ1) is 15.9. The Kier molecular flexibility index (Phi) is 4.92. The van der Waals surface area contributed by atoms with Crippen molar-refractivity contribution >= 4 is 11.5 Å². The Hall–Kier alpha value is -1.51. The third kappa shape index (κ3) is 3.39. The van der Waals surface area contributed by atoms with Gasteiger partial charge in [-0.05, 0) is 19.1 Å². The van der Waals surface area contributed by atoms with E-state index in [0.29, 0.717) is 11.3 Å². The molecule has 1 aromatic carbocycles. The normalized spacial score (nSPS) is 32.7. The van der Waals surface area contributed by atoms with Crippen LogP contribution in [0.5, 0.6) is 0 Å². The monoisotopic (exact) mass is 296 g/mol. The van der Waals surface area contributed by atoms with Gasteiger partial charge in [-0.15, -0.1) is 0 Å². The highest BCUT2D eigenvalue weighted by molar-refractivity contribution is 5.94. The molecule has 1 aliphatic heterocycles. The number of ketones is 1. The van der Waals surface area contributed by atoms with Crippen molar-refractivity contribution in [3.8, 4) is 0 Å². The van der Waals surface area contributed by atoms with Gasteiger partial charge in [0, 0.05) is 11.3 Å². The molecule has 1 aliphatic rings. The predicted molar refractivity (Wildman–Crippen MR) is 75.8 cm³/mol. The highest BCUT2D eigenvalue weighted by atomic mass is 16.5. The van der Waals surface area contributed by atoms with Crippen molar-refractivity contribution in [2.24, 2.45) is 5.73 Å². The average molecular weight is 296 g/mol. The summed E-state index contributed by atoms with van der Waals surface area (Å²) in [7, 11) is 0. The summed E-state index contributed by atoms with van der Waals surface area (Å²) in [5, 5.41) is 31.7. The molecule has 1 aromatic rings. The Morgan fingerprint density at radius 1 is 1.38 bits per heavy atom. The third-order valence-electron chi connectivity index (χ3n) is 3.55. The summed E-state index contributed by atoms with van der Waals surface area (Å²) in [6.07, 6.45) is -4.17. The number of Topliss-reactive ketones (excluding diaryl/α,β-unsaturated/α-hetero) is 1. The van der Waals surface area contributed by atoms with Crippen LogP contribution in [0.4, 0.5) is 5.69 Å².